The molecule has 0 spiro atoms. The van der Waals surface area contributed by atoms with E-state index < -0.39 is 5.91 Å². The number of carbonyl (C=O) groups excluding carboxylic acids is 1. The molecule has 0 unspecified atom stereocenters. The molecule has 8 heteroatoms. The number of phenols is 1. The monoisotopic (exact) mass is 505 g/mol. The molecule has 0 aliphatic carbocycles. The second kappa shape index (κ2) is 9.70. The third-order valence-electron chi connectivity index (χ3n) is 5.00. The first-order valence-electron chi connectivity index (χ1n) is 9.94. The van der Waals surface area contributed by atoms with Gasteiger partial charge in [-0.25, -0.2) is 10.4 Å². The molecule has 1 aromatic heterocycles. The number of ether oxygens (including phenoxy) is 2. The largest absolute Gasteiger partial charge is 0.507 e. The van der Waals surface area contributed by atoms with Crippen LogP contribution in [-0.4, -0.2) is 36.4 Å². The molecule has 1 heterocycles. The molecule has 4 aromatic rings. The topological polar surface area (TPSA) is 93.0 Å². The van der Waals surface area contributed by atoms with Gasteiger partial charge in [-0.2, -0.15) is 5.10 Å². The van der Waals surface area contributed by atoms with Crippen molar-refractivity contribution in [3.8, 4) is 28.5 Å². The standard InChI is InChI=1S/C25H20BrN3O4/c1-32-17-8-10-24(33-2)20(12-17)22-13-19(18-5-3-4-6-21(18)28-22)25(31)29-27-14-15-11-16(26)7-9-23(15)30/h3-14,30H,1-2H3,(H,29,31). The fraction of sp³-hybridized carbons (Fsp3) is 0.0800. The lowest BCUT2D eigenvalue weighted by molar-refractivity contribution is 0.0956. The van der Waals surface area contributed by atoms with Crippen LogP contribution in [0.4, 0.5) is 0 Å². The molecule has 0 aliphatic heterocycles. The first-order chi connectivity index (χ1) is 16.0. The summed E-state index contributed by atoms with van der Waals surface area (Å²) in [6.07, 6.45) is 1.38. The van der Waals surface area contributed by atoms with Gasteiger partial charge < -0.3 is 14.6 Å². The van der Waals surface area contributed by atoms with Gasteiger partial charge in [0.05, 0.1) is 37.2 Å². The predicted octanol–water partition coefficient (Wildman–Crippen LogP) is 5.15. The van der Waals surface area contributed by atoms with Crippen LogP contribution in [0.25, 0.3) is 22.2 Å². The Morgan fingerprint density at radius 1 is 1.06 bits per heavy atom. The molecule has 4 rings (SSSR count). The Balaban J connectivity index is 1.74. The number of carbonyl (C=O) groups is 1. The number of pyridine rings is 1. The Hall–Kier alpha value is -3.91. The minimum absolute atomic E-state index is 0.0537. The van der Waals surface area contributed by atoms with Crippen LogP contribution in [0.3, 0.4) is 0 Å². The van der Waals surface area contributed by atoms with E-state index in [2.05, 4.69) is 26.5 Å². The minimum atomic E-state index is -0.414. The molecule has 0 radical (unpaired) electrons. The molecule has 0 bridgehead atoms. The van der Waals surface area contributed by atoms with Gasteiger partial charge in [-0.05, 0) is 48.5 Å². The van der Waals surface area contributed by atoms with E-state index >= 15 is 0 Å². The van der Waals surface area contributed by atoms with E-state index in [1.54, 1.807) is 44.6 Å². The number of nitrogens with one attached hydrogen (secondary N) is 1. The van der Waals surface area contributed by atoms with Crippen molar-refractivity contribution in [3.05, 3.63) is 82.3 Å². The Kier molecular flexibility index (Phi) is 6.55. The van der Waals surface area contributed by atoms with Crippen LogP contribution >= 0.6 is 15.9 Å². The fourth-order valence-corrected chi connectivity index (χ4v) is 3.74. The molecule has 0 aliphatic rings. The molecule has 1 amide bonds. The summed E-state index contributed by atoms with van der Waals surface area (Å²) in [5.74, 6) is 0.888. The van der Waals surface area contributed by atoms with Crippen LogP contribution < -0.4 is 14.9 Å². The number of hydrogen-bond acceptors (Lipinski definition) is 6. The number of para-hydroxylation sites is 1. The van der Waals surface area contributed by atoms with Crippen molar-refractivity contribution in [1.82, 2.24) is 10.4 Å². The van der Waals surface area contributed by atoms with Crippen molar-refractivity contribution in [1.29, 1.82) is 0 Å². The molecule has 166 valence electrons. The number of benzene rings is 3. The van der Waals surface area contributed by atoms with Crippen molar-refractivity contribution in [2.24, 2.45) is 5.10 Å². The van der Waals surface area contributed by atoms with Crippen molar-refractivity contribution in [2.75, 3.05) is 14.2 Å². The second-order valence-corrected chi connectivity index (χ2v) is 7.96. The van der Waals surface area contributed by atoms with E-state index in [4.69, 9.17) is 14.5 Å². The lowest BCUT2D eigenvalue weighted by atomic mass is 10.0. The van der Waals surface area contributed by atoms with Crippen LogP contribution in [0.5, 0.6) is 17.2 Å². The van der Waals surface area contributed by atoms with E-state index in [0.717, 1.165) is 4.47 Å². The summed E-state index contributed by atoms with van der Waals surface area (Å²) in [6, 6.07) is 19.4. The number of methoxy groups -OCH3 is 2. The molecular weight excluding hydrogens is 486 g/mol. The summed E-state index contributed by atoms with van der Waals surface area (Å²) in [5, 5.41) is 14.7. The Bertz CT molecular complexity index is 1370. The molecule has 0 saturated carbocycles. The number of aromatic hydroxyl groups is 1. The number of hydrogen-bond donors (Lipinski definition) is 2. The molecule has 0 saturated heterocycles. The maximum absolute atomic E-state index is 13.1. The zero-order valence-electron chi connectivity index (χ0n) is 17.9. The van der Waals surface area contributed by atoms with Crippen molar-refractivity contribution < 1.29 is 19.4 Å². The van der Waals surface area contributed by atoms with Gasteiger partial charge in [0.25, 0.3) is 5.91 Å². The average molecular weight is 506 g/mol. The van der Waals surface area contributed by atoms with Gasteiger partial charge in [-0.3, -0.25) is 4.79 Å². The molecule has 0 atom stereocenters. The molecule has 3 aromatic carbocycles. The molecule has 7 nitrogen and oxygen atoms in total. The van der Waals surface area contributed by atoms with Gasteiger partial charge in [0.2, 0.25) is 0 Å². The Morgan fingerprint density at radius 2 is 1.88 bits per heavy atom. The van der Waals surface area contributed by atoms with E-state index in [-0.39, 0.29) is 5.75 Å². The number of rotatable bonds is 6. The van der Waals surface area contributed by atoms with Crippen LogP contribution in [0, 0.1) is 0 Å². The fourth-order valence-electron chi connectivity index (χ4n) is 3.36. The van der Waals surface area contributed by atoms with Gasteiger partial charge in [-0.15, -0.1) is 0 Å². The van der Waals surface area contributed by atoms with Gasteiger partial charge in [0, 0.05) is 21.0 Å². The summed E-state index contributed by atoms with van der Waals surface area (Å²) in [4.78, 5) is 17.8. The average Bonchev–Trinajstić information content (AvgIpc) is 2.84. The minimum Gasteiger partial charge on any atom is -0.507 e. The highest BCUT2D eigenvalue weighted by Crippen LogP contribution is 2.34. The SMILES string of the molecule is COc1ccc(OC)c(-c2cc(C(=O)NN=Cc3cc(Br)ccc3O)c3ccccc3n2)c1. The quantitative estimate of drug-likeness (QED) is 0.279. The summed E-state index contributed by atoms with van der Waals surface area (Å²) in [7, 11) is 3.16. The first kappa shape index (κ1) is 22.3. The molecule has 2 N–H and O–H groups in total. The van der Waals surface area contributed by atoms with E-state index in [1.165, 1.54) is 12.3 Å². The van der Waals surface area contributed by atoms with Gasteiger partial charge in [-0.1, -0.05) is 34.1 Å². The van der Waals surface area contributed by atoms with Crippen LogP contribution in [0.1, 0.15) is 15.9 Å². The number of nitrogens with zero attached hydrogens (tertiary/aromatic N) is 2. The lowest BCUT2D eigenvalue weighted by Crippen LogP contribution is -2.18. The third kappa shape index (κ3) is 4.80. The van der Waals surface area contributed by atoms with E-state index in [9.17, 15) is 9.90 Å². The molecule has 0 fully saturated rings. The van der Waals surface area contributed by atoms with Crippen LogP contribution in [0.15, 0.2) is 76.3 Å². The number of halogens is 1. The number of phenolic OH excluding ortho intramolecular Hbond substituents is 1. The predicted molar refractivity (Wildman–Crippen MR) is 131 cm³/mol. The summed E-state index contributed by atoms with van der Waals surface area (Å²) >= 11 is 3.35. The summed E-state index contributed by atoms with van der Waals surface area (Å²) in [6.45, 7) is 0. The number of amides is 1. The highest BCUT2D eigenvalue weighted by atomic mass is 79.9. The van der Waals surface area contributed by atoms with Gasteiger partial charge >= 0.3 is 0 Å². The van der Waals surface area contributed by atoms with Crippen molar-refractivity contribution in [3.63, 3.8) is 0 Å². The summed E-state index contributed by atoms with van der Waals surface area (Å²) in [5.41, 5.74) is 5.30. The molecular formula is C25H20BrN3O4. The summed E-state index contributed by atoms with van der Waals surface area (Å²) < 4.78 is 11.6. The van der Waals surface area contributed by atoms with Crippen molar-refractivity contribution >= 4 is 39.0 Å². The third-order valence-corrected chi connectivity index (χ3v) is 5.50. The van der Waals surface area contributed by atoms with Crippen LogP contribution in [0.2, 0.25) is 0 Å². The van der Waals surface area contributed by atoms with Crippen LogP contribution in [-0.2, 0) is 0 Å². The number of aromatic nitrogens is 1. The maximum atomic E-state index is 13.1. The Labute approximate surface area is 198 Å². The number of fused-ring (bicyclic) bond motifs is 1. The lowest BCUT2D eigenvalue weighted by Gasteiger charge is -2.13. The Morgan fingerprint density at radius 3 is 2.67 bits per heavy atom. The smallest absolute Gasteiger partial charge is 0.272 e. The zero-order chi connectivity index (χ0) is 23.4. The van der Waals surface area contributed by atoms with Gasteiger partial charge in [0.1, 0.15) is 17.2 Å². The zero-order valence-corrected chi connectivity index (χ0v) is 19.5. The first-order valence-corrected chi connectivity index (χ1v) is 10.7. The number of hydrazone groups is 1. The van der Waals surface area contributed by atoms with E-state index in [0.29, 0.717) is 44.8 Å². The highest BCUT2D eigenvalue weighted by molar-refractivity contribution is 9.10. The van der Waals surface area contributed by atoms with E-state index in [1.807, 2.05) is 30.3 Å². The second-order valence-electron chi connectivity index (χ2n) is 7.04. The van der Waals surface area contributed by atoms with Gasteiger partial charge in [0.15, 0.2) is 0 Å². The normalized spacial score (nSPS) is 11.0. The molecule has 33 heavy (non-hydrogen) atoms. The van der Waals surface area contributed by atoms with Crippen molar-refractivity contribution in [2.45, 2.75) is 0 Å². The highest BCUT2D eigenvalue weighted by Gasteiger charge is 2.16. The maximum Gasteiger partial charge on any atom is 0.272 e.